The predicted octanol–water partition coefficient (Wildman–Crippen LogP) is 12.9. The Labute approximate surface area is 616 Å². The van der Waals surface area contributed by atoms with Crippen molar-refractivity contribution in [3.8, 4) is 0 Å². The molecular formula is C76H93Cl4N5O15S. The van der Waals surface area contributed by atoms with Crippen LogP contribution in [0.2, 0.25) is 20.1 Å². The zero-order valence-electron chi connectivity index (χ0n) is 58.6. The third-order valence-corrected chi connectivity index (χ3v) is 15.7. The molecule has 0 spiro atoms. The Morgan fingerprint density at radius 3 is 1.21 bits per heavy atom. The summed E-state index contributed by atoms with van der Waals surface area (Å²) in [5.41, 5.74) is 5.16. The number of rotatable bonds is 30. The van der Waals surface area contributed by atoms with Crippen molar-refractivity contribution in [1.29, 1.82) is 0 Å². The molecule has 0 bridgehead atoms. The summed E-state index contributed by atoms with van der Waals surface area (Å²) in [6.45, 7) is 19.4. The van der Waals surface area contributed by atoms with Crippen molar-refractivity contribution in [2.24, 2.45) is 17.8 Å². The first kappa shape index (κ1) is 86.6. The lowest BCUT2D eigenvalue weighted by atomic mass is 10.0. The van der Waals surface area contributed by atoms with Crippen molar-refractivity contribution in [3.63, 3.8) is 0 Å². The van der Waals surface area contributed by atoms with Gasteiger partial charge in [0.25, 0.3) is 0 Å². The van der Waals surface area contributed by atoms with Gasteiger partial charge in [-0.3, -0.25) is 28.8 Å². The molecule has 6 N–H and O–H groups in total. The van der Waals surface area contributed by atoms with Gasteiger partial charge in [0.15, 0.2) is 0 Å². The fourth-order valence-electron chi connectivity index (χ4n) is 8.49. The van der Waals surface area contributed by atoms with Crippen LogP contribution in [0.1, 0.15) is 121 Å². The number of aliphatic carboxylic acids is 1. The lowest BCUT2D eigenvalue weighted by molar-refractivity contribution is -0.149. The first-order valence-corrected chi connectivity index (χ1v) is 35.3. The highest BCUT2D eigenvalue weighted by molar-refractivity contribution is 7.09. The quantitative estimate of drug-likeness (QED) is 0.0139. The van der Waals surface area contributed by atoms with Crippen LogP contribution in [-0.4, -0.2) is 115 Å². The second kappa shape index (κ2) is 47.5. The molecule has 1 fully saturated rings. The fourth-order valence-corrected chi connectivity index (χ4v) is 9.95. The molecule has 101 heavy (non-hydrogen) atoms. The summed E-state index contributed by atoms with van der Waals surface area (Å²) >= 11 is 24.9. The molecule has 0 radical (unpaired) electrons. The molecule has 0 saturated heterocycles. The van der Waals surface area contributed by atoms with Gasteiger partial charge < -0.3 is 50.6 Å². The van der Waals surface area contributed by atoms with E-state index in [2.05, 4.69) is 26.6 Å². The van der Waals surface area contributed by atoms with Crippen molar-refractivity contribution >= 4 is 117 Å². The monoisotopic (exact) mass is 1490 g/mol. The Kier molecular flexibility index (Phi) is 40.7. The molecule has 1 aliphatic carbocycles. The van der Waals surface area contributed by atoms with Crippen molar-refractivity contribution < 1.29 is 72.0 Å². The first-order valence-electron chi connectivity index (χ1n) is 32.9. The third-order valence-electron chi connectivity index (χ3n) is 13.9. The van der Waals surface area contributed by atoms with Gasteiger partial charge in [-0.2, -0.15) is 0 Å². The number of carboxylic acids is 1. The zero-order chi connectivity index (χ0) is 75.0. The van der Waals surface area contributed by atoms with Crippen LogP contribution in [0.25, 0.3) is 0 Å². The summed E-state index contributed by atoms with van der Waals surface area (Å²) in [7, 11) is 0. The molecule has 5 aromatic carbocycles. The SMILES string of the molecule is CC(C)=CCOC(=O)[C@H](C)NC(=O)Cc1cccc(Cl)c1.CC(C)COC(=O)[C@H](CC(C)C)NC(=O)Cc1ccccc1.C[C@H](NC(=O)Cc1cccc(Cl)c1)C(=O)O.C[C@H](NC(=O)Cc1cccc(Cl)c1)C(=O)OCC1CC1.C[C@H](NC(=O)Cc1cccc(Cl)c1)C(=O)OCc1cccs1. The molecule has 1 heterocycles. The molecule has 1 saturated carbocycles. The third kappa shape index (κ3) is 40.4. The number of thiophene rings is 1. The second-order valence-electron chi connectivity index (χ2n) is 24.8. The van der Waals surface area contributed by atoms with Crippen LogP contribution in [0.4, 0.5) is 0 Å². The summed E-state index contributed by atoms with van der Waals surface area (Å²) in [6.07, 6.45) is 5.57. The Morgan fingerprint density at radius 1 is 0.455 bits per heavy atom. The van der Waals surface area contributed by atoms with E-state index in [0.717, 1.165) is 51.1 Å². The number of amides is 5. The van der Waals surface area contributed by atoms with Crippen molar-refractivity contribution in [3.05, 3.63) is 209 Å². The highest BCUT2D eigenvalue weighted by Crippen LogP contribution is 2.29. The van der Waals surface area contributed by atoms with Crippen LogP contribution < -0.4 is 26.6 Å². The van der Waals surface area contributed by atoms with Crippen LogP contribution >= 0.6 is 57.7 Å². The zero-order valence-corrected chi connectivity index (χ0v) is 62.5. The van der Waals surface area contributed by atoms with E-state index in [1.165, 1.54) is 18.3 Å². The minimum Gasteiger partial charge on any atom is -0.480 e. The molecular weight excluding hydrogens is 1400 g/mol. The van der Waals surface area contributed by atoms with E-state index < -0.39 is 48.1 Å². The minimum atomic E-state index is -1.06. The second-order valence-corrected chi connectivity index (χ2v) is 27.6. The van der Waals surface area contributed by atoms with Gasteiger partial charge in [-0.25, -0.2) is 19.2 Å². The maximum absolute atomic E-state index is 12.1. The van der Waals surface area contributed by atoms with E-state index in [1.807, 2.05) is 108 Å². The van der Waals surface area contributed by atoms with E-state index in [9.17, 15) is 47.9 Å². The number of allylic oxidation sites excluding steroid dienone is 1. The normalized spacial score (nSPS) is 12.6. The summed E-state index contributed by atoms with van der Waals surface area (Å²) in [5.74, 6) is -2.78. The smallest absolute Gasteiger partial charge is 0.328 e. The Balaban J connectivity index is 0.000000330. The van der Waals surface area contributed by atoms with Crippen LogP contribution in [0.15, 0.2) is 157 Å². The number of benzene rings is 5. The number of hydrogen-bond acceptors (Lipinski definition) is 15. The van der Waals surface area contributed by atoms with Crippen LogP contribution in [0.5, 0.6) is 0 Å². The van der Waals surface area contributed by atoms with Gasteiger partial charge in [-0.15, -0.1) is 11.3 Å². The van der Waals surface area contributed by atoms with Gasteiger partial charge in [-0.1, -0.05) is 165 Å². The lowest BCUT2D eigenvalue weighted by Gasteiger charge is -2.20. The standard InChI is InChI=1S/C18H27NO3.C16H16ClNO3S.C16H20ClNO3.C15H18ClNO3.C11H12ClNO3/c1-13(2)10-16(18(21)22-12-14(3)4)19-17(20)11-15-8-6-5-7-9-15;1-11(16(20)21-10-14-6-3-7-22-14)18-15(19)9-12-4-2-5-13(17)8-12;1-11(2)7-8-21-16(20)12(3)18-15(19)10-13-5-4-6-14(17)9-13;1-10(15(19)20-9-11-5-6-11)17-14(18)8-12-3-2-4-13(16)7-12;1-7(11(15)16)13-10(14)6-8-3-2-4-9(12)5-8/h5-9,13-14,16H,10-12H2,1-4H3,(H,19,20);2-8,11H,9-10H2,1H3,(H,18,19);4-7,9,12H,8,10H2,1-3H3,(H,18,19);2-4,7,10-11H,5-6,8-9H2,1H3,(H,17,18);2-5,7H,6H2,1H3,(H,13,14)(H,15,16)/t16-;11-;12-;10-;7-/m00000/s1. The first-order chi connectivity index (χ1) is 47.8. The number of hydrogen-bond donors (Lipinski definition) is 6. The summed E-state index contributed by atoms with van der Waals surface area (Å²) in [6, 6.07) is 37.9. The maximum atomic E-state index is 12.1. The summed E-state index contributed by atoms with van der Waals surface area (Å²) in [5, 5.41) is 25.9. The van der Waals surface area contributed by atoms with Gasteiger partial charge in [0, 0.05) is 25.0 Å². The van der Waals surface area contributed by atoms with E-state index in [0.29, 0.717) is 51.6 Å². The van der Waals surface area contributed by atoms with E-state index in [1.54, 1.807) is 106 Å². The number of halogens is 4. The molecule has 5 amide bonds. The van der Waals surface area contributed by atoms with Gasteiger partial charge in [0.05, 0.1) is 45.3 Å². The molecule has 546 valence electrons. The Hall–Kier alpha value is -8.60. The van der Waals surface area contributed by atoms with E-state index in [4.69, 9.17) is 70.5 Å². The number of carbonyl (C=O) groups excluding carboxylic acids is 9. The fraction of sp³-hybridized carbons (Fsp3) is 0.395. The number of ether oxygens (including phenoxy) is 4. The van der Waals surface area contributed by atoms with Crippen LogP contribution in [0, 0.1) is 17.8 Å². The topological polar surface area (TPSA) is 288 Å². The minimum absolute atomic E-state index is 0.123. The van der Waals surface area contributed by atoms with Crippen molar-refractivity contribution in [1.82, 2.24) is 26.6 Å². The number of carbonyl (C=O) groups is 10. The maximum Gasteiger partial charge on any atom is 0.328 e. The Bertz CT molecular complexity index is 3640. The largest absolute Gasteiger partial charge is 0.480 e. The highest BCUT2D eigenvalue weighted by atomic mass is 35.5. The van der Waals surface area contributed by atoms with Crippen molar-refractivity contribution in [2.45, 2.75) is 157 Å². The molecule has 1 aliphatic rings. The average molecular weight is 1490 g/mol. The van der Waals surface area contributed by atoms with E-state index in [-0.39, 0.29) is 92.7 Å². The highest BCUT2D eigenvalue weighted by Gasteiger charge is 2.27. The Morgan fingerprint density at radius 2 is 0.842 bits per heavy atom. The predicted molar refractivity (Wildman–Crippen MR) is 394 cm³/mol. The number of carboxylic acid groups (broad SMARTS) is 1. The molecule has 7 rings (SSSR count). The molecule has 20 nitrogen and oxygen atoms in total. The molecule has 0 aliphatic heterocycles. The summed E-state index contributed by atoms with van der Waals surface area (Å²) < 4.78 is 20.6. The van der Waals surface area contributed by atoms with Crippen LogP contribution in [0.3, 0.4) is 0 Å². The molecule has 0 unspecified atom stereocenters. The number of esters is 4. The molecule has 5 atom stereocenters. The molecule has 1 aromatic heterocycles. The van der Waals surface area contributed by atoms with Gasteiger partial charge in [-0.05, 0) is 172 Å². The molecule has 25 heteroatoms. The van der Waals surface area contributed by atoms with E-state index >= 15 is 0 Å². The van der Waals surface area contributed by atoms with Gasteiger partial charge in [0.2, 0.25) is 29.5 Å². The summed E-state index contributed by atoms with van der Waals surface area (Å²) in [4.78, 5) is 118. The van der Waals surface area contributed by atoms with Gasteiger partial charge >= 0.3 is 29.8 Å². The number of nitrogens with one attached hydrogen (secondary N) is 5. The van der Waals surface area contributed by atoms with Gasteiger partial charge in [0.1, 0.15) is 43.4 Å². The van der Waals surface area contributed by atoms with Crippen LogP contribution in [-0.2, 0) is 106 Å². The lowest BCUT2D eigenvalue weighted by Crippen LogP contribution is -2.43. The molecule has 6 aromatic rings. The average Bonchev–Trinajstić information content (AvgIpc) is 1.03. The van der Waals surface area contributed by atoms with Crippen molar-refractivity contribution in [2.75, 3.05) is 19.8 Å².